The molecule has 0 aromatic heterocycles. The van der Waals surface area contributed by atoms with E-state index in [0.29, 0.717) is 0 Å². The Morgan fingerprint density at radius 3 is 2.26 bits per heavy atom. The van der Waals surface area contributed by atoms with Gasteiger partial charge in [0.15, 0.2) is 0 Å². The van der Waals surface area contributed by atoms with E-state index in [9.17, 15) is 5.11 Å². The van der Waals surface area contributed by atoms with Crippen LogP contribution in [0.4, 0.5) is 0 Å². The molecule has 0 aliphatic heterocycles. The van der Waals surface area contributed by atoms with Crippen LogP contribution in [0.1, 0.15) is 11.1 Å². The average Bonchev–Trinajstić information content (AvgIpc) is 2.46. The Labute approximate surface area is 116 Å². The molecule has 0 aliphatic rings. The number of hydrogen-bond donors (Lipinski definition) is 1. The summed E-state index contributed by atoms with van der Waals surface area (Å²) in [5.74, 6) is 0. The third kappa shape index (κ3) is 3.43. The third-order valence-corrected chi connectivity index (χ3v) is 6.25. The number of aliphatic hydroxyl groups excluding tert-OH is 1. The first-order valence-corrected chi connectivity index (χ1v) is 9.65. The van der Waals surface area contributed by atoms with E-state index < -0.39 is 8.07 Å². The minimum atomic E-state index is -1.67. The lowest BCUT2D eigenvalue weighted by atomic mass is 10.2. The van der Waals surface area contributed by atoms with Crippen molar-refractivity contribution in [3.05, 3.63) is 71.4 Å². The van der Waals surface area contributed by atoms with Crippen LogP contribution in [-0.2, 0) is 6.61 Å². The third-order valence-electron chi connectivity index (χ3n) is 3.37. The summed E-state index contributed by atoms with van der Waals surface area (Å²) in [7, 11) is -1.67. The van der Waals surface area contributed by atoms with Crippen molar-refractivity contribution < 1.29 is 5.11 Å². The second-order valence-electron chi connectivity index (χ2n) is 5.28. The van der Waals surface area contributed by atoms with E-state index in [1.165, 1.54) is 10.8 Å². The lowest BCUT2D eigenvalue weighted by Gasteiger charge is -2.21. The van der Waals surface area contributed by atoms with Crippen molar-refractivity contribution in [3.63, 3.8) is 0 Å². The minimum absolute atomic E-state index is 0.117. The van der Waals surface area contributed by atoms with Gasteiger partial charge in [-0.05, 0) is 16.3 Å². The quantitative estimate of drug-likeness (QED) is 0.843. The fourth-order valence-electron chi connectivity index (χ4n) is 2.25. The van der Waals surface area contributed by atoms with Crippen LogP contribution < -0.4 is 5.19 Å². The summed E-state index contributed by atoms with van der Waals surface area (Å²) >= 11 is 0. The smallest absolute Gasteiger partial charge is 0.104 e. The van der Waals surface area contributed by atoms with Gasteiger partial charge in [0.25, 0.3) is 0 Å². The summed E-state index contributed by atoms with van der Waals surface area (Å²) in [6.07, 6.45) is 2.19. The highest BCUT2D eigenvalue weighted by Crippen LogP contribution is 2.12. The molecule has 19 heavy (non-hydrogen) atoms. The average molecular weight is 268 g/mol. The maximum Gasteiger partial charge on any atom is 0.104 e. The van der Waals surface area contributed by atoms with Crippen LogP contribution in [0.25, 0.3) is 6.08 Å². The Balaban J connectivity index is 2.30. The summed E-state index contributed by atoms with van der Waals surface area (Å²) in [6, 6.07) is 18.6. The molecule has 0 saturated heterocycles. The molecule has 2 aromatic rings. The van der Waals surface area contributed by atoms with Crippen molar-refractivity contribution in [3.8, 4) is 0 Å². The van der Waals surface area contributed by atoms with Gasteiger partial charge < -0.3 is 5.11 Å². The molecule has 1 nitrogen and oxygen atoms in total. The van der Waals surface area contributed by atoms with E-state index in [4.69, 9.17) is 0 Å². The highest BCUT2D eigenvalue weighted by atomic mass is 28.3. The summed E-state index contributed by atoms with van der Waals surface area (Å²) in [5, 5.41) is 10.8. The number of hydrogen-bond acceptors (Lipinski definition) is 1. The SMILES string of the molecule is C[Si](C)(C=Cc1ccccc1)c1ccccc1CO. The van der Waals surface area contributed by atoms with Crippen molar-refractivity contribution in [2.24, 2.45) is 0 Å². The van der Waals surface area contributed by atoms with E-state index in [1.807, 2.05) is 18.2 Å². The normalized spacial score (nSPS) is 11.9. The zero-order valence-electron chi connectivity index (χ0n) is 11.5. The van der Waals surface area contributed by atoms with Gasteiger partial charge in [-0.1, -0.05) is 79.5 Å². The monoisotopic (exact) mass is 268 g/mol. The zero-order valence-corrected chi connectivity index (χ0v) is 12.5. The molecule has 2 rings (SSSR count). The van der Waals surface area contributed by atoms with Crippen molar-refractivity contribution in [2.75, 3.05) is 0 Å². The first-order valence-electron chi connectivity index (χ1n) is 6.57. The Bertz CT molecular complexity index is 558. The van der Waals surface area contributed by atoms with Gasteiger partial charge in [0.2, 0.25) is 0 Å². The van der Waals surface area contributed by atoms with Gasteiger partial charge in [-0.15, -0.1) is 0 Å². The lowest BCUT2D eigenvalue weighted by molar-refractivity contribution is 0.283. The van der Waals surface area contributed by atoms with Crippen LogP contribution in [0, 0.1) is 0 Å². The van der Waals surface area contributed by atoms with Gasteiger partial charge in [0.1, 0.15) is 8.07 Å². The van der Waals surface area contributed by atoms with E-state index >= 15 is 0 Å². The molecule has 0 bridgehead atoms. The molecule has 98 valence electrons. The highest BCUT2D eigenvalue weighted by Gasteiger charge is 2.22. The second-order valence-corrected chi connectivity index (χ2v) is 9.60. The largest absolute Gasteiger partial charge is 0.392 e. The van der Waals surface area contributed by atoms with Crippen LogP contribution in [0.2, 0.25) is 13.1 Å². The lowest BCUT2D eigenvalue weighted by Crippen LogP contribution is -2.41. The van der Waals surface area contributed by atoms with Crippen molar-refractivity contribution in [1.29, 1.82) is 0 Å². The summed E-state index contributed by atoms with van der Waals surface area (Å²) in [6.45, 7) is 4.73. The molecular weight excluding hydrogens is 248 g/mol. The van der Waals surface area contributed by atoms with Gasteiger partial charge in [-0.25, -0.2) is 0 Å². The molecule has 1 N–H and O–H groups in total. The molecule has 0 fully saturated rings. The fraction of sp³-hybridized carbons (Fsp3) is 0.176. The van der Waals surface area contributed by atoms with Crippen molar-refractivity contribution >= 4 is 19.3 Å². The minimum Gasteiger partial charge on any atom is -0.392 e. The maximum atomic E-state index is 9.47. The van der Waals surface area contributed by atoms with Gasteiger partial charge in [-0.3, -0.25) is 0 Å². The van der Waals surface area contributed by atoms with Crippen LogP contribution in [-0.4, -0.2) is 13.2 Å². The molecular formula is C17H20OSi. The summed E-state index contributed by atoms with van der Waals surface area (Å²) in [5.41, 5.74) is 4.61. The second kappa shape index (κ2) is 6.00. The molecule has 0 heterocycles. The predicted molar refractivity (Wildman–Crippen MR) is 85.0 cm³/mol. The van der Waals surface area contributed by atoms with Gasteiger partial charge in [0, 0.05) is 0 Å². The fourth-order valence-corrected chi connectivity index (χ4v) is 4.55. The maximum absolute atomic E-state index is 9.47. The van der Waals surface area contributed by atoms with Crippen LogP contribution in [0.5, 0.6) is 0 Å². The Hall–Kier alpha value is -1.64. The Kier molecular flexibility index (Phi) is 4.35. The number of aliphatic hydroxyl groups is 1. The van der Waals surface area contributed by atoms with E-state index in [2.05, 4.69) is 61.3 Å². The molecule has 0 atom stereocenters. The number of rotatable bonds is 4. The molecule has 2 heteroatoms. The van der Waals surface area contributed by atoms with E-state index in [1.54, 1.807) is 0 Å². The molecule has 2 aromatic carbocycles. The molecule has 0 radical (unpaired) electrons. The van der Waals surface area contributed by atoms with Gasteiger partial charge in [0.05, 0.1) is 6.61 Å². The van der Waals surface area contributed by atoms with Gasteiger partial charge >= 0.3 is 0 Å². The predicted octanol–water partition coefficient (Wildman–Crippen LogP) is 3.35. The number of benzene rings is 2. The molecule has 0 amide bonds. The molecule has 0 saturated carbocycles. The van der Waals surface area contributed by atoms with Crippen molar-refractivity contribution in [2.45, 2.75) is 19.7 Å². The molecule has 0 aliphatic carbocycles. The van der Waals surface area contributed by atoms with Crippen LogP contribution in [0.3, 0.4) is 0 Å². The molecule has 0 unspecified atom stereocenters. The first kappa shape index (κ1) is 13.8. The van der Waals surface area contributed by atoms with Crippen LogP contribution in [0.15, 0.2) is 60.3 Å². The highest BCUT2D eigenvalue weighted by molar-refractivity contribution is 6.94. The molecule has 0 spiro atoms. The van der Waals surface area contributed by atoms with E-state index in [0.717, 1.165) is 5.56 Å². The summed E-state index contributed by atoms with van der Waals surface area (Å²) < 4.78 is 0. The summed E-state index contributed by atoms with van der Waals surface area (Å²) in [4.78, 5) is 0. The topological polar surface area (TPSA) is 20.2 Å². The van der Waals surface area contributed by atoms with E-state index in [-0.39, 0.29) is 6.61 Å². The zero-order chi connectivity index (χ0) is 13.7. The Morgan fingerprint density at radius 2 is 1.58 bits per heavy atom. The van der Waals surface area contributed by atoms with Crippen molar-refractivity contribution in [1.82, 2.24) is 0 Å². The van der Waals surface area contributed by atoms with Gasteiger partial charge in [-0.2, -0.15) is 0 Å². The first-order chi connectivity index (χ1) is 9.13. The standard InChI is InChI=1S/C17H20OSi/c1-19(2,13-12-15-8-4-3-5-9-15)17-11-7-6-10-16(17)14-18/h3-13,18H,14H2,1-2H3. The van der Waals surface area contributed by atoms with Crippen LogP contribution >= 0.6 is 0 Å². The Morgan fingerprint density at radius 1 is 0.947 bits per heavy atom.